The van der Waals surface area contributed by atoms with Crippen molar-refractivity contribution in [1.82, 2.24) is 9.80 Å². The summed E-state index contributed by atoms with van der Waals surface area (Å²) in [7, 11) is 5.92. The Morgan fingerprint density at radius 3 is 2.44 bits per heavy atom. The van der Waals surface area contributed by atoms with Crippen LogP contribution in [0.3, 0.4) is 0 Å². The molecule has 1 N–H and O–H groups in total. The molecule has 5 nitrogen and oxygen atoms in total. The minimum absolute atomic E-state index is 0.0650. The molecule has 0 radical (unpaired) electrons. The maximum Gasteiger partial charge on any atom is 0.207 e. The first kappa shape index (κ1) is 12.4. The van der Waals surface area contributed by atoms with Crippen molar-refractivity contribution in [2.24, 2.45) is 9.98 Å². The largest absolute Gasteiger partial charge is 0.349 e. The van der Waals surface area contributed by atoms with Crippen molar-refractivity contribution >= 4 is 17.6 Å². The summed E-state index contributed by atoms with van der Waals surface area (Å²) in [5.74, 6) is 1.71. The Kier molecular flexibility index (Phi) is 3.50. The van der Waals surface area contributed by atoms with E-state index in [4.69, 9.17) is 0 Å². The summed E-state index contributed by atoms with van der Waals surface area (Å²) in [6.45, 7) is 1.98. The lowest BCUT2D eigenvalue weighted by Gasteiger charge is -2.31. The highest BCUT2D eigenvalue weighted by atomic mass is 15.4. The van der Waals surface area contributed by atoms with E-state index in [0.717, 1.165) is 17.6 Å². The van der Waals surface area contributed by atoms with Crippen LogP contribution in [0.5, 0.6) is 0 Å². The van der Waals surface area contributed by atoms with E-state index in [1.165, 1.54) is 0 Å². The maximum atomic E-state index is 4.51. The third-order valence-corrected chi connectivity index (χ3v) is 2.66. The van der Waals surface area contributed by atoms with Gasteiger partial charge in [0.2, 0.25) is 11.9 Å². The van der Waals surface area contributed by atoms with Gasteiger partial charge in [-0.2, -0.15) is 0 Å². The van der Waals surface area contributed by atoms with Gasteiger partial charge in [0.1, 0.15) is 6.17 Å². The van der Waals surface area contributed by atoms with Crippen LogP contribution < -0.4 is 5.32 Å². The highest BCUT2D eigenvalue weighted by Gasteiger charge is 2.21. The Hall–Kier alpha value is -2.04. The highest BCUT2D eigenvalue weighted by Crippen LogP contribution is 2.11. The van der Waals surface area contributed by atoms with Crippen molar-refractivity contribution in [3.8, 4) is 0 Å². The van der Waals surface area contributed by atoms with E-state index in [9.17, 15) is 0 Å². The average Bonchev–Trinajstić information content (AvgIpc) is 2.34. The van der Waals surface area contributed by atoms with Crippen molar-refractivity contribution in [2.45, 2.75) is 13.1 Å². The third kappa shape index (κ3) is 2.61. The van der Waals surface area contributed by atoms with Crippen LogP contribution in [0.4, 0.5) is 5.69 Å². The molecule has 0 saturated carbocycles. The Morgan fingerprint density at radius 2 is 1.83 bits per heavy atom. The summed E-state index contributed by atoms with van der Waals surface area (Å²) < 4.78 is 0. The fourth-order valence-corrected chi connectivity index (χ4v) is 1.82. The molecule has 0 aromatic heterocycles. The minimum Gasteiger partial charge on any atom is -0.349 e. The van der Waals surface area contributed by atoms with Crippen LogP contribution in [0.15, 0.2) is 40.3 Å². The van der Waals surface area contributed by atoms with Gasteiger partial charge in [-0.05, 0) is 19.1 Å². The number of rotatable bonds is 1. The van der Waals surface area contributed by atoms with E-state index in [1.54, 1.807) is 0 Å². The molecule has 2 rings (SSSR count). The molecule has 1 heterocycles. The van der Waals surface area contributed by atoms with Crippen LogP contribution in [0, 0.1) is 0 Å². The summed E-state index contributed by atoms with van der Waals surface area (Å²) in [5, 5.41) is 3.31. The maximum absolute atomic E-state index is 4.51. The van der Waals surface area contributed by atoms with Gasteiger partial charge in [0.25, 0.3) is 0 Å². The van der Waals surface area contributed by atoms with Gasteiger partial charge in [0, 0.05) is 26.8 Å². The lowest BCUT2D eigenvalue weighted by molar-refractivity contribution is 0.503. The molecular weight excluding hydrogens is 226 g/mol. The van der Waals surface area contributed by atoms with Gasteiger partial charge in [-0.3, -0.25) is 4.90 Å². The number of nitrogens with one attached hydrogen (secondary N) is 1. The zero-order chi connectivity index (χ0) is 13.1. The number of hydrogen-bond acceptors (Lipinski definition) is 5. The minimum atomic E-state index is -0.0650. The monoisotopic (exact) mass is 245 g/mol. The molecular formula is C13H19N5. The van der Waals surface area contributed by atoms with Crippen LogP contribution in [0.2, 0.25) is 0 Å². The fraction of sp³-hybridized carbons (Fsp3) is 0.385. The van der Waals surface area contributed by atoms with Crippen molar-refractivity contribution in [1.29, 1.82) is 0 Å². The van der Waals surface area contributed by atoms with Crippen LogP contribution >= 0.6 is 0 Å². The standard InChI is InChI=1S/C13H19N5/c1-10-14-12(16-11-8-6-5-7-9-11)18(4)13(15-10)17(2)3/h5-10H,1-4H3,(H,14,16). The summed E-state index contributed by atoms with van der Waals surface area (Å²) in [6, 6.07) is 10.0. The van der Waals surface area contributed by atoms with Crippen molar-refractivity contribution < 1.29 is 0 Å². The van der Waals surface area contributed by atoms with Crippen LogP contribution in [-0.4, -0.2) is 49.0 Å². The highest BCUT2D eigenvalue weighted by molar-refractivity contribution is 6.05. The lowest BCUT2D eigenvalue weighted by atomic mass is 10.3. The molecule has 1 unspecified atom stereocenters. The van der Waals surface area contributed by atoms with E-state index in [0.29, 0.717) is 0 Å². The number of guanidine groups is 2. The molecule has 96 valence electrons. The molecule has 1 aromatic rings. The predicted molar refractivity (Wildman–Crippen MR) is 75.8 cm³/mol. The van der Waals surface area contributed by atoms with E-state index in [-0.39, 0.29) is 6.17 Å². The van der Waals surface area contributed by atoms with Crippen molar-refractivity contribution in [2.75, 3.05) is 26.5 Å². The molecule has 5 heteroatoms. The Morgan fingerprint density at radius 1 is 1.17 bits per heavy atom. The van der Waals surface area contributed by atoms with E-state index in [2.05, 4.69) is 15.3 Å². The number of aliphatic imine (C=N–C) groups is 2. The molecule has 18 heavy (non-hydrogen) atoms. The number of para-hydroxylation sites is 1. The molecule has 0 aliphatic carbocycles. The summed E-state index contributed by atoms with van der Waals surface area (Å²) in [6.07, 6.45) is -0.0650. The quantitative estimate of drug-likeness (QED) is 0.818. The van der Waals surface area contributed by atoms with E-state index in [1.807, 2.05) is 68.2 Å². The lowest BCUT2D eigenvalue weighted by Crippen LogP contribution is -2.47. The first-order chi connectivity index (χ1) is 8.58. The second kappa shape index (κ2) is 5.08. The average molecular weight is 245 g/mol. The van der Waals surface area contributed by atoms with Gasteiger partial charge >= 0.3 is 0 Å². The van der Waals surface area contributed by atoms with Gasteiger partial charge < -0.3 is 10.2 Å². The zero-order valence-corrected chi connectivity index (χ0v) is 11.3. The van der Waals surface area contributed by atoms with E-state index >= 15 is 0 Å². The fourth-order valence-electron chi connectivity index (χ4n) is 1.82. The number of hydrogen-bond donors (Lipinski definition) is 1. The first-order valence-electron chi connectivity index (χ1n) is 5.96. The normalized spacial score (nSPS) is 19.1. The molecule has 0 spiro atoms. The molecule has 1 aliphatic heterocycles. The van der Waals surface area contributed by atoms with Crippen molar-refractivity contribution in [3.63, 3.8) is 0 Å². The van der Waals surface area contributed by atoms with E-state index < -0.39 is 0 Å². The number of nitrogens with zero attached hydrogens (tertiary/aromatic N) is 4. The van der Waals surface area contributed by atoms with Gasteiger partial charge in [-0.25, -0.2) is 9.98 Å². The van der Waals surface area contributed by atoms with Crippen molar-refractivity contribution in [3.05, 3.63) is 30.3 Å². The van der Waals surface area contributed by atoms with Gasteiger partial charge in [0.05, 0.1) is 0 Å². The van der Waals surface area contributed by atoms with Gasteiger partial charge in [-0.15, -0.1) is 0 Å². The predicted octanol–water partition coefficient (Wildman–Crippen LogP) is 1.66. The molecule has 1 aliphatic rings. The summed E-state index contributed by atoms with van der Waals surface area (Å²) in [4.78, 5) is 12.9. The smallest absolute Gasteiger partial charge is 0.207 e. The zero-order valence-electron chi connectivity index (χ0n) is 11.3. The van der Waals surface area contributed by atoms with Gasteiger partial charge in [-0.1, -0.05) is 18.2 Å². The molecule has 0 amide bonds. The second-order valence-electron chi connectivity index (χ2n) is 4.46. The third-order valence-electron chi connectivity index (χ3n) is 2.66. The van der Waals surface area contributed by atoms with Crippen LogP contribution in [-0.2, 0) is 0 Å². The topological polar surface area (TPSA) is 43.2 Å². The molecule has 0 saturated heterocycles. The Bertz CT molecular complexity index is 464. The summed E-state index contributed by atoms with van der Waals surface area (Å²) in [5.41, 5.74) is 1.02. The molecule has 1 aromatic carbocycles. The molecule has 1 atom stereocenters. The molecule has 0 fully saturated rings. The first-order valence-corrected chi connectivity index (χ1v) is 5.96. The van der Waals surface area contributed by atoms with Crippen LogP contribution in [0.25, 0.3) is 0 Å². The summed E-state index contributed by atoms with van der Waals surface area (Å²) >= 11 is 0. The SMILES string of the molecule is CC1N=C(Nc2ccccc2)N(C)C(N(C)C)=N1. The van der Waals surface area contributed by atoms with Crippen LogP contribution in [0.1, 0.15) is 6.92 Å². The van der Waals surface area contributed by atoms with Gasteiger partial charge in [0.15, 0.2) is 0 Å². The Labute approximate surface area is 108 Å². The number of benzene rings is 1. The number of anilines is 1. The second-order valence-corrected chi connectivity index (χ2v) is 4.46. The molecule has 0 bridgehead atoms. The Balaban J connectivity index is 2.19.